The first-order chi connectivity index (χ1) is 18.8. The molecule has 2 unspecified atom stereocenters. The Morgan fingerprint density at radius 2 is 1.82 bits per heavy atom. The van der Waals surface area contributed by atoms with E-state index in [1.165, 1.54) is 11.8 Å². The Hall–Kier alpha value is -3.72. The van der Waals surface area contributed by atoms with Crippen molar-refractivity contribution < 1.29 is 9.59 Å². The minimum atomic E-state index is -0.642. The first-order valence-corrected chi connectivity index (χ1v) is 14.2. The number of hydrogen-bond donors (Lipinski definition) is 1. The summed E-state index contributed by atoms with van der Waals surface area (Å²) in [6, 6.07) is 12.8. The van der Waals surface area contributed by atoms with Crippen LogP contribution in [0.15, 0.2) is 72.2 Å². The largest absolute Gasteiger partial charge is 0.378 e. The van der Waals surface area contributed by atoms with E-state index in [0.717, 1.165) is 41.9 Å². The molecule has 3 aromatic rings. The van der Waals surface area contributed by atoms with E-state index in [1.54, 1.807) is 17.3 Å². The number of allylic oxidation sites excluding steroid dienone is 2. The van der Waals surface area contributed by atoms with Gasteiger partial charge in [-0.3, -0.25) is 14.6 Å². The molecule has 0 saturated heterocycles. The maximum absolute atomic E-state index is 13.9. The van der Waals surface area contributed by atoms with Crippen LogP contribution in [0.1, 0.15) is 36.2 Å². The zero-order valence-corrected chi connectivity index (χ0v) is 23.8. The normalized spacial score (nSPS) is 15.4. The number of aromatic nitrogens is 3. The molecule has 39 heavy (non-hydrogen) atoms. The van der Waals surface area contributed by atoms with E-state index in [9.17, 15) is 9.59 Å². The Morgan fingerprint density at radius 1 is 1.08 bits per heavy atom. The third kappa shape index (κ3) is 7.89. The highest BCUT2D eigenvalue weighted by Gasteiger charge is 2.36. The topological polar surface area (TPSA) is 91.3 Å². The minimum absolute atomic E-state index is 0.000802. The molecule has 9 heteroatoms. The van der Waals surface area contributed by atoms with Gasteiger partial charge in [0.1, 0.15) is 6.04 Å². The van der Waals surface area contributed by atoms with Gasteiger partial charge in [0.05, 0.1) is 5.75 Å². The van der Waals surface area contributed by atoms with Crippen molar-refractivity contribution in [3.8, 4) is 0 Å². The number of thioether (sulfide) groups is 1. The Bertz CT molecular complexity index is 1280. The van der Waals surface area contributed by atoms with Crippen molar-refractivity contribution >= 4 is 35.0 Å². The molecular weight excluding hydrogens is 508 g/mol. The molecule has 1 aromatic carbocycles. The minimum Gasteiger partial charge on any atom is -0.378 e. The van der Waals surface area contributed by atoms with Crippen LogP contribution in [-0.4, -0.2) is 57.6 Å². The summed E-state index contributed by atoms with van der Waals surface area (Å²) in [5.74, 6) is -0.186. The molecule has 8 nitrogen and oxygen atoms in total. The highest BCUT2D eigenvalue weighted by atomic mass is 32.2. The second kappa shape index (κ2) is 13.4. The highest BCUT2D eigenvalue weighted by molar-refractivity contribution is 7.99. The van der Waals surface area contributed by atoms with Gasteiger partial charge < -0.3 is 15.1 Å². The lowest BCUT2D eigenvalue weighted by atomic mass is 9.86. The van der Waals surface area contributed by atoms with Crippen molar-refractivity contribution in [3.63, 3.8) is 0 Å². The zero-order chi connectivity index (χ0) is 27.8. The Kier molecular flexibility index (Phi) is 9.70. The molecule has 1 N–H and O–H groups in total. The van der Waals surface area contributed by atoms with E-state index >= 15 is 0 Å². The van der Waals surface area contributed by atoms with Gasteiger partial charge in [0, 0.05) is 55.8 Å². The van der Waals surface area contributed by atoms with Gasteiger partial charge in [-0.05, 0) is 81.0 Å². The van der Waals surface area contributed by atoms with Crippen LogP contribution in [-0.2, 0) is 16.1 Å². The summed E-state index contributed by atoms with van der Waals surface area (Å²) in [6.45, 7) is 4.12. The predicted molar refractivity (Wildman–Crippen MR) is 157 cm³/mol. The second-order valence-corrected chi connectivity index (χ2v) is 11.0. The number of carbonyl (C=O) groups is 2. The molecule has 2 amide bonds. The average molecular weight is 545 g/mol. The standard InChI is InChI=1S/C30H36N6O2S/c1-21-17-22(2)33-30(32-21)39-20-27(37)36(19-23-9-8-16-31-18-23)28(24-10-6-5-7-11-24)29(38)34-25-12-14-26(15-13-25)35(3)4/h5-6,8-9,12-18,24,28H,7,10-11,19-20H2,1-4H3,(H,34,38). The lowest BCUT2D eigenvalue weighted by Crippen LogP contribution is -2.51. The Balaban J connectivity index is 1.62. The van der Waals surface area contributed by atoms with Crippen LogP contribution >= 0.6 is 11.8 Å². The van der Waals surface area contributed by atoms with Crippen LogP contribution in [0.4, 0.5) is 11.4 Å². The quantitative estimate of drug-likeness (QED) is 0.217. The molecular formula is C30H36N6O2S. The van der Waals surface area contributed by atoms with Gasteiger partial charge in [0.15, 0.2) is 5.16 Å². The van der Waals surface area contributed by atoms with E-state index in [1.807, 2.05) is 75.3 Å². The Morgan fingerprint density at radius 3 is 2.44 bits per heavy atom. The van der Waals surface area contributed by atoms with Crippen molar-refractivity contribution in [2.24, 2.45) is 5.92 Å². The van der Waals surface area contributed by atoms with Crippen LogP contribution < -0.4 is 10.2 Å². The van der Waals surface area contributed by atoms with E-state index in [-0.39, 0.29) is 23.5 Å². The van der Waals surface area contributed by atoms with E-state index in [0.29, 0.717) is 17.4 Å². The van der Waals surface area contributed by atoms with Gasteiger partial charge in [-0.25, -0.2) is 9.97 Å². The zero-order valence-electron chi connectivity index (χ0n) is 23.0. The number of rotatable bonds is 10. The maximum atomic E-state index is 13.9. The van der Waals surface area contributed by atoms with Crippen molar-refractivity contribution in [1.82, 2.24) is 19.9 Å². The molecule has 0 radical (unpaired) electrons. The molecule has 0 spiro atoms. The van der Waals surface area contributed by atoms with E-state index in [2.05, 4.69) is 32.4 Å². The molecule has 2 heterocycles. The van der Waals surface area contributed by atoms with Gasteiger partial charge in [-0.2, -0.15) is 0 Å². The van der Waals surface area contributed by atoms with Crippen LogP contribution in [0.25, 0.3) is 0 Å². The molecule has 4 rings (SSSR count). The fourth-order valence-corrected chi connectivity index (χ4v) is 5.61. The SMILES string of the molecule is Cc1cc(C)nc(SCC(=O)N(Cc2cccnc2)C(C(=O)Nc2ccc(N(C)C)cc2)C2CC=CCC2)n1. The van der Waals surface area contributed by atoms with Gasteiger partial charge >= 0.3 is 0 Å². The van der Waals surface area contributed by atoms with Crippen LogP contribution in [0.2, 0.25) is 0 Å². The summed E-state index contributed by atoms with van der Waals surface area (Å²) in [5.41, 5.74) is 4.33. The molecule has 1 aliphatic carbocycles. The summed E-state index contributed by atoms with van der Waals surface area (Å²) < 4.78 is 0. The summed E-state index contributed by atoms with van der Waals surface area (Å²) in [5, 5.41) is 3.65. The van der Waals surface area contributed by atoms with Gasteiger partial charge in [-0.15, -0.1) is 0 Å². The molecule has 0 aliphatic heterocycles. The molecule has 2 atom stereocenters. The number of anilines is 2. The lowest BCUT2D eigenvalue weighted by molar-refractivity contribution is -0.139. The first-order valence-electron chi connectivity index (χ1n) is 13.2. The lowest BCUT2D eigenvalue weighted by Gasteiger charge is -2.37. The number of hydrogen-bond acceptors (Lipinski definition) is 7. The van der Waals surface area contributed by atoms with Gasteiger partial charge in [-0.1, -0.05) is 30.0 Å². The van der Waals surface area contributed by atoms with Crippen molar-refractivity contribution in [2.45, 2.75) is 50.9 Å². The summed E-state index contributed by atoms with van der Waals surface area (Å²) in [6.07, 6.45) is 10.2. The fourth-order valence-electron chi connectivity index (χ4n) is 4.77. The number of nitrogens with zero attached hydrogens (tertiary/aromatic N) is 5. The predicted octanol–water partition coefficient (Wildman–Crippen LogP) is 5.04. The number of aryl methyl sites for hydroxylation is 2. The molecule has 0 fully saturated rings. The van der Waals surface area contributed by atoms with Crippen molar-refractivity contribution in [2.75, 3.05) is 30.1 Å². The number of nitrogens with one attached hydrogen (secondary N) is 1. The Labute approximate surface area is 234 Å². The molecule has 1 aliphatic rings. The van der Waals surface area contributed by atoms with Crippen LogP contribution in [0.5, 0.6) is 0 Å². The average Bonchev–Trinajstić information content (AvgIpc) is 2.92. The van der Waals surface area contributed by atoms with Crippen molar-refractivity contribution in [1.29, 1.82) is 0 Å². The smallest absolute Gasteiger partial charge is 0.247 e. The number of benzene rings is 1. The van der Waals surface area contributed by atoms with E-state index in [4.69, 9.17) is 0 Å². The van der Waals surface area contributed by atoms with Crippen LogP contribution in [0.3, 0.4) is 0 Å². The summed E-state index contributed by atoms with van der Waals surface area (Å²) >= 11 is 1.30. The summed E-state index contributed by atoms with van der Waals surface area (Å²) in [4.78, 5) is 44.7. The first kappa shape index (κ1) is 28.3. The molecule has 2 aromatic heterocycles. The number of pyridine rings is 1. The highest BCUT2D eigenvalue weighted by Crippen LogP contribution is 2.29. The van der Waals surface area contributed by atoms with E-state index < -0.39 is 6.04 Å². The maximum Gasteiger partial charge on any atom is 0.247 e. The molecule has 0 saturated carbocycles. The third-order valence-corrected chi connectivity index (χ3v) is 7.53. The summed E-state index contributed by atoms with van der Waals surface area (Å²) in [7, 11) is 3.95. The van der Waals surface area contributed by atoms with Gasteiger partial charge in [0.25, 0.3) is 0 Å². The monoisotopic (exact) mass is 544 g/mol. The number of carbonyl (C=O) groups excluding carboxylic acids is 2. The number of amides is 2. The third-order valence-electron chi connectivity index (χ3n) is 6.69. The van der Waals surface area contributed by atoms with Crippen molar-refractivity contribution in [3.05, 3.63) is 84.0 Å². The second-order valence-electron chi connectivity index (χ2n) is 10.0. The van der Waals surface area contributed by atoms with Gasteiger partial charge in [0.2, 0.25) is 11.8 Å². The fraction of sp³-hybridized carbons (Fsp3) is 0.367. The van der Waals surface area contributed by atoms with Crippen LogP contribution in [0, 0.1) is 19.8 Å². The molecule has 204 valence electrons. The molecule has 0 bridgehead atoms.